The van der Waals surface area contributed by atoms with Crippen molar-refractivity contribution in [1.29, 1.82) is 0 Å². The van der Waals surface area contributed by atoms with Gasteiger partial charge in [-0.25, -0.2) is 0 Å². The Morgan fingerprint density at radius 3 is 2.07 bits per heavy atom. The molecular formula is C17H17F7N2O2. The van der Waals surface area contributed by atoms with Crippen molar-refractivity contribution < 1.29 is 40.3 Å². The number of carbonyl (C=O) groups is 2. The quantitative estimate of drug-likeness (QED) is 0.366. The summed E-state index contributed by atoms with van der Waals surface area (Å²) in [5.41, 5.74) is 4.48. The van der Waals surface area contributed by atoms with E-state index in [4.69, 9.17) is 0 Å². The molecule has 28 heavy (non-hydrogen) atoms. The fraction of sp³-hybridized carbons (Fsp3) is 0.412. The second kappa shape index (κ2) is 9.07. The van der Waals surface area contributed by atoms with Gasteiger partial charge in [-0.1, -0.05) is 30.3 Å². The van der Waals surface area contributed by atoms with Gasteiger partial charge in [-0.05, 0) is 25.3 Å². The largest absolute Gasteiger partial charge is 0.460 e. The van der Waals surface area contributed by atoms with Crippen LogP contribution in [0.1, 0.15) is 25.3 Å². The SMILES string of the molecule is C/C(=C\C(=O)C(F)(F)C(F)(F)C(F)(F)F)NNC(=O)CCCc1ccccc1. The normalized spacial score (nSPS) is 13.2. The summed E-state index contributed by atoms with van der Waals surface area (Å²) < 4.78 is 88.1. The van der Waals surface area contributed by atoms with Crippen LogP contribution in [0.5, 0.6) is 0 Å². The van der Waals surface area contributed by atoms with Crippen molar-refractivity contribution in [3.63, 3.8) is 0 Å². The molecule has 0 atom stereocenters. The van der Waals surface area contributed by atoms with Crippen LogP contribution in [0, 0.1) is 0 Å². The number of halogens is 7. The van der Waals surface area contributed by atoms with Crippen LogP contribution in [0.4, 0.5) is 30.7 Å². The summed E-state index contributed by atoms with van der Waals surface area (Å²) in [5.74, 6) is -15.9. The highest BCUT2D eigenvalue weighted by Crippen LogP contribution is 2.47. The minimum Gasteiger partial charge on any atom is -0.303 e. The van der Waals surface area contributed by atoms with Crippen LogP contribution in [0.15, 0.2) is 42.1 Å². The lowest BCUT2D eigenvalue weighted by molar-refractivity contribution is -0.342. The lowest BCUT2D eigenvalue weighted by Crippen LogP contribution is -2.55. The lowest BCUT2D eigenvalue weighted by Gasteiger charge is -2.26. The van der Waals surface area contributed by atoms with Crippen LogP contribution >= 0.6 is 0 Å². The summed E-state index contributed by atoms with van der Waals surface area (Å²) in [5, 5.41) is 0. The van der Waals surface area contributed by atoms with Crippen molar-refractivity contribution in [3.05, 3.63) is 47.7 Å². The number of alkyl halides is 7. The molecule has 0 aliphatic carbocycles. The molecule has 0 saturated heterocycles. The zero-order chi connectivity index (χ0) is 21.6. The molecular weight excluding hydrogens is 397 g/mol. The zero-order valence-electron chi connectivity index (χ0n) is 14.5. The van der Waals surface area contributed by atoms with Crippen LogP contribution in [-0.4, -0.2) is 29.7 Å². The van der Waals surface area contributed by atoms with Gasteiger partial charge < -0.3 is 5.43 Å². The average Bonchev–Trinajstić information content (AvgIpc) is 2.59. The number of rotatable bonds is 9. The van der Waals surface area contributed by atoms with Gasteiger partial charge in [-0.3, -0.25) is 15.0 Å². The molecule has 156 valence electrons. The van der Waals surface area contributed by atoms with E-state index in [0.29, 0.717) is 12.8 Å². The van der Waals surface area contributed by atoms with Gasteiger partial charge in [-0.15, -0.1) is 0 Å². The number of hydrogen-bond acceptors (Lipinski definition) is 3. The predicted molar refractivity (Wildman–Crippen MR) is 85.4 cm³/mol. The molecule has 0 fully saturated rings. The Morgan fingerprint density at radius 2 is 1.54 bits per heavy atom. The second-order valence-corrected chi connectivity index (χ2v) is 5.85. The topological polar surface area (TPSA) is 58.2 Å². The number of allylic oxidation sites excluding steroid dienone is 2. The summed E-state index contributed by atoms with van der Waals surface area (Å²) in [7, 11) is 0. The van der Waals surface area contributed by atoms with Crippen molar-refractivity contribution in [3.8, 4) is 0 Å². The Balaban J connectivity index is 2.55. The third-order valence-electron chi connectivity index (χ3n) is 3.52. The van der Waals surface area contributed by atoms with Crippen molar-refractivity contribution in [2.45, 2.75) is 44.2 Å². The van der Waals surface area contributed by atoms with Crippen LogP contribution in [0.2, 0.25) is 0 Å². The maximum absolute atomic E-state index is 13.2. The van der Waals surface area contributed by atoms with Gasteiger partial charge in [0, 0.05) is 18.2 Å². The third kappa shape index (κ3) is 5.96. The van der Waals surface area contributed by atoms with Crippen LogP contribution < -0.4 is 10.9 Å². The summed E-state index contributed by atoms with van der Waals surface area (Å²) in [4.78, 5) is 22.8. The van der Waals surface area contributed by atoms with Gasteiger partial charge in [0.05, 0.1) is 0 Å². The number of ketones is 1. The molecule has 0 saturated carbocycles. The van der Waals surface area contributed by atoms with Gasteiger partial charge in [0.25, 0.3) is 0 Å². The Morgan fingerprint density at radius 1 is 0.964 bits per heavy atom. The van der Waals surface area contributed by atoms with E-state index >= 15 is 0 Å². The van der Waals surface area contributed by atoms with Crippen molar-refractivity contribution >= 4 is 11.7 Å². The highest BCUT2D eigenvalue weighted by atomic mass is 19.4. The standard InChI is InChI=1S/C17H17F7N2O2/c1-11(10-13(27)15(18,19)16(20,21)17(22,23)24)25-26-14(28)9-5-8-12-6-3-2-4-7-12/h2-4,6-7,10,25H,5,8-9H2,1H3,(H,26,28)/b11-10+. The van der Waals surface area contributed by atoms with Gasteiger partial charge >= 0.3 is 18.0 Å². The monoisotopic (exact) mass is 414 g/mol. The minimum absolute atomic E-state index is 0.0193. The molecule has 0 unspecified atom stereocenters. The third-order valence-corrected chi connectivity index (χ3v) is 3.52. The van der Waals surface area contributed by atoms with E-state index in [-0.39, 0.29) is 12.5 Å². The summed E-state index contributed by atoms with van der Waals surface area (Å²) in [6.45, 7) is 0.934. The fourth-order valence-electron chi connectivity index (χ4n) is 1.98. The molecule has 0 bridgehead atoms. The number of hydrazine groups is 1. The summed E-state index contributed by atoms with van der Waals surface area (Å²) in [6, 6.07) is 9.17. The fourth-order valence-corrected chi connectivity index (χ4v) is 1.98. The Kier molecular flexibility index (Phi) is 7.59. The second-order valence-electron chi connectivity index (χ2n) is 5.85. The zero-order valence-corrected chi connectivity index (χ0v) is 14.5. The van der Waals surface area contributed by atoms with Gasteiger partial charge in [0.1, 0.15) is 0 Å². The van der Waals surface area contributed by atoms with E-state index < -0.39 is 35.4 Å². The molecule has 0 aliphatic rings. The van der Waals surface area contributed by atoms with E-state index in [1.165, 1.54) is 0 Å². The molecule has 4 nitrogen and oxygen atoms in total. The van der Waals surface area contributed by atoms with E-state index in [1.807, 2.05) is 41.2 Å². The highest BCUT2D eigenvalue weighted by molar-refractivity contribution is 5.97. The first-order valence-electron chi connectivity index (χ1n) is 7.93. The maximum Gasteiger partial charge on any atom is 0.460 e. The number of aryl methyl sites for hydroxylation is 1. The molecule has 0 heterocycles. The van der Waals surface area contributed by atoms with Crippen LogP contribution in [-0.2, 0) is 16.0 Å². The first-order chi connectivity index (χ1) is 12.8. The van der Waals surface area contributed by atoms with Gasteiger partial charge in [-0.2, -0.15) is 30.7 Å². The molecule has 0 aromatic heterocycles. The van der Waals surface area contributed by atoms with Gasteiger partial charge in [0.15, 0.2) is 0 Å². The molecule has 0 radical (unpaired) electrons. The summed E-state index contributed by atoms with van der Waals surface area (Å²) >= 11 is 0. The molecule has 1 rings (SSSR count). The van der Waals surface area contributed by atoms with Crippen molar-refractivity contribution in [2.24, 2.45) is 0 Å². The van der Waals surface area contributed by atoms with E-state index in [0.717, 1.165) is 12.5 Å². The Labute approximate surface area is 155 Å². The van der Waals surface area contributed by atoms with E-state index in [1.54, 1.807) is 0 Å². The average molecular weight is 414 g/mol. The Bertz CT molecular complexity index is 716. The first-order valence-corrected chi connectivity index (χ1v) is 7.93. The lowest BCUT2D eigenvalue weighted by atomic mass is 10.1. The molecule has 1 amide bonds. The number of amides is 1. The molecule has 11 heteroatoms. The molecule has 0 aliphatic heterocycles. The Hall–Kier alpha value is -2.59. The first kappa shape index (κ1) is 23.4. The molecule has 0 spiro atoms. The number of hydrogen-bond donors (Lipinski definition) is 2. The highest BCUT2D eigenvalue weighted by Gasteiger charge is 2.75. The smallest absolute Gasteiger partial charge is 0.303 e. The van der Waals surface area contributed by atoms with Crippen LogP contribution in [0.3, 0.4) is 0 Å². The molecule has 1 aromatic carbocycles. The van der Waals surface area contributed by atoms with Crippen molar-refractivity contribution in [1.82, 2.24) is 10.9 Å². The number of nitrogens with one attached hydrogen (secondary N) is 2. The molecule has 2 N–H and O–H groups in total. The van der Waals surface area contributed by atoms with Gasteiger partial charge in [0.2, 0.25) is 11.7 Å². The minimum atomic E-state index is -6.60. The number of carbonyl (C=O) groups excluding carboxylic acids is 2. The number of benzene rings is 1. The van der Waals surface area contributed by atoms with Crippen LogP contribution in [0.25, 0.3) is 0 Å². The molecule has 1 aromatic rings. The maximum atomic E-state index is 13.2. The van der Waals surface area contributed by atoms with Crippen molar-refractivity contribution in [2.75, 3.05) is 0 Å². The summed E-state index contributed by atoms with van der Waals surface area (Å²) in [6.07, 6.45) is -5.70. The van der Waals surface area contributed by atoms with E-state index in [9.17, 15) is 40.3 Å². The predicted octanol–water partition coefficient (Wildman–Crippen LogP) is 3.94. The van der Waals surface area contributed by atoms with E-state index in [2.05, 4.69) is 0 Å².